The van der Waals surface area contributed by atoms with Crippen molar-refractivity contribution in [2.45, 2.75) is 31.9 Å². The second-order valence-electron chi connectivity index (χ2n) is 5.48. The average Bonchev–Trinajstić information content (AvgIpc) is 2.91. The number of nitrogens with zero attached hydrogens (tertiary/aromatic N) is 2. The van der Waals surface area contributed by atoms with Crippen molar-refractivity contribution < 1.29 is 9.53 Å². The van der Waals surface area contributed by atoms with Crippen LogP contribution in [0.1, 0.15) is 42.4 Å². The molecule has 0 spiro atoms. The molecule has 0 fully saturated rings. The largest absolute Gasteiger partial charge is 0.487 e. The molecule has 3 rings (SSSR count). The number of nitrogens with one attached hydrogen (secondary N) is 2. The summed E-state index contributed by atoms with van der Waals surface area (Å²) in [4.78, 5) is 12.1. The first-order valence-corrected chi connectivity index (χ1v) is 6.50. The molecule has 1 aliphatic rings. The second-order valence-corrected chi connectivity index (χ2v) is 5.48. The molecular formula is C14H16N4O2. The predicted molar refractivity (Wildman–Crippen MR) is 72.4 cm³/mol. The summed E-state index contributed by atoms with van der Waals surface area (Å²) in [5.74, 6) is 0.574. The van der Waals surface area contributed by atoms with Crippen LogP contribution in [0.15, 0.2) is 30.5 Å². The Morgan fingerprint density at radius 1 is 1.45 bits per heavy atom. The zero-order chi connectivity index (χ0) is 14.2. The molecule has 2 aromatic rings. The van der Waals surface area contributed by atoms with Crippen molar-refractivity contribution in [3.8, 4) is 5.75 Å². The van der Waals surface area contributed by atoms with E-state index >= 15 is 0 Å². The third-order valence-corrected chi connectivity index (χ3v) is 3.33. The van der Waals surface area contributed by atoms with Crippen molar-refractivity contribution in [3.63, 3.8) is 0 Å². The molecule has 0 radical (unpaired) electrons. The molecule has 1 atom stereocenters. The van der Waals surface area contributed by atoms with Crippen LogP contribution in [-0.2, 0) is 0 Å². The maximum Gasteiger partial charge on any atom is 0.273 e. The van der Waals surface area contributed by atoms with Gasteiger partial charge in [-0.3, -0.25) is 4.79 Å². The van der Waals surface area contributed by atoms with Gasteiger partial charge in [0.1, 0.15) is 11.4 Å². The van der Waals surface area contributed by atoms with E-state index in [9.17, 15) is 4.79 Å². The van der Waals surface area contributed by atoms with E-state index in [0.717, 1.165) is 11.3 Å². The highest BCUT2D eigenvalue weighted by Crippen LogP contribution is 2.39. The average molecular weight is 272 g/mol. The number of carbonyl (C=O) groups is 1. The fraction of sp³-hybridized carbons (Fsp3) is 0.357. The number of aromatic nitrogens is 3. The number of ether oxygens (including phenoxy) is 1. The van der Waals surface area contributed by atoms with Gasteiger partial charge in [0, 0.05) is 12.0 Å². The van der Waals surface area contributed by atoms with Crippen LogP contribution in [0.2, 0.25) is 0 Å². The molecule has 1 amide bonds. The Morgan fingerprint density at radius 3 is 3.00 bits per heavy atom. The highest BCUT2D eigenvalue weighted by molar-refractivity contribution is 5.92. The van der Waals surface area contributed by atoms with Crippen molar-refractivity contribution in [1.82, 2.24) is 20.7 Å². The highest BCUT2D eigenvalue weighted by Gasteiger charge is 2.34. The lowest BCUT2D eigenvalue weighted by molar-refractivity contribution is 0.0618. The third kappa shape index (κ3) is 2.36. The number of carbonyl (C=O) groups excluding carboxylic acids is 1. The van der Waals surface area contributed by atoms with Crippen molar-refractivity contribution in [1.29, 1.82) is 0 Å². The minimum atomic E-state index is -0.323. The van der Waals surface area contributed by atoms with Crippen LogP contribution < -0.4 is 10.1 Å². The molecule has 0 saturated heterocycles. The smallest absolute Gasteiger partial charge is 0.273 e. The lowest BCUT2D eigenvalue weighted by atomic mass is 9.89. The van der Waals surface area contributed by atoms with Gasteiger partial charge in [-0.05, 0) is 19.9 Å². The Hall–Kier alpha value is -2.37. The number of aromatic amines is 1. The lowest BCUT2D eigenvalue weighted by Crippen LogP contribution is -2.41. The highest BCUT2D eigenvalue weighted by atomic mass is 16.5. The van der Waals surface area contributed by atoms with E-state index in [1.54, 1.807) is 0 Å². The molecular weight excluding hydrogens is 256 g/mol. The molecule has 20 heavy (non-hydrogen) atoms. The van der Waals surface area contributed by atoms with Gasteiger partial charge in [0.15, 0.2) is 5.69 Å². The van der Waals surface area contributed by atoms with Crippen molar-refractivity contribution in [2.75, 3.05) is 0 Å². The number of rotatable bonds is 2. The molecule has 6 heteroatoms. The summed E-state index contributed by atoms with van der Waals surface area (Å²) in [7, 11) is 0. The fourth-order valence-electron chi connectivity index (χ4n) is 2.47. The quantitative estimate of drug-likeness (QED) is 0.874. The van der Waals surface area contributed by atoms with Gasteiger partial charge in [-0.25, -0.2) is 0 Å². The summed E-state index contributed by atoms with van der Waals surface area (Å²) >= 11 is 0. The molecule has 1 aromatic carbocycles. The summed E-state index contributed by atoms with van der Waals surface area (Å²) in [5, 5.41) is 12.9. The first kappa shape index (κ1) is 12.7. The Labute approximate surface area is 116 Å². The summed E-state index contributed by atoms with van der Waals surface area (Å²) in [6, 6.07) is 7.66. The van der Waals surface area contributed by atoms with Crippen LogP contribution in [0.3, 0.4) is 0 Å². The van der Waals surface area contributed by atoms with E-state index < -0.39 is 0 Å². The Bertz CT molecular complexity index is 622. The fourth-order valence-corrected chi connectivity index (χ4v) is 2.47. The molecule has 2 N–H and O–H groups in total. The van der Waals surface area contributed by atoms with Gasteiger partial charge in [-0.1, -0.05) is 18.2 Å². The topological polar surface area (TPSA) is 79.9 Å². The number of H-pyrrole nitrogens is 1. The molecule has 104 valence electrons. The number of amides is 1. The zero-order valence-corrected chi connectivity index (χ0v) is 11.4. The molecule has 0 aliphatic carbocycles. The van der Waals surface area contributed by atoms with E-state index in [1.807, 2.05) is 38.1 Å². The SMILES string of the molecule is CC1(C)CC(NC(=O)c2cn[nH]n2)c2ccccc2O1. The summed E-state index contributed by atoms with van der Waals surface area (Å²) in [6.07, 6.45) is 2.11. The first-order valence-electron chi connectivity index (χ1n) is 6.50. The molecule has 0 bridgehead atoms. The molecule has 1 aromatic heterocycles. The number of para-hydroxylation sites is 1. The molecule has 6 nitrogen and oxygen atoms in total. The van der Waals surface area contributed by atoms with Crippen LogP contribution >= 0.6 is 0 Å². The molecule has 1 aliphatic heterocycles. The Morgan fingerprint density at radius 2 is 2.25 bits per heavy atom. The molecule has 1 unspecified atom stereocenters. The normalized spacial score (nSPS) is 19.8. The van der Waals surface area contributed by atoms with Crippen LogP contribution in [0, 0.1) is 0 Å². The van der Waals surface area contributed by atoms with E-state index in [0.29, 0.717) is 6.42 Å². The van der Waals surface area contributed by atoms with Gasteiger partial charge in [-0.15, -0.1) is 0 Å². The summed E-state index contributed by atoms with van der Waals surface area (Å²) < 4.78 is 5.94. The number of hydrogen-bond acceptors (Lipinski definition) is 4. The summed E-state index contributed by atoms with van der Waals surface area (Å²) in [5.41, 5.74) is 0.950. The van der Waals surface area contributed by atoms with E-state index in [-0.39, 0.29) is 23.2 Å². The van der Waals surface area contributed by atoms with Gasteiger partial charge in [0.2, 0.25) is 0 Å². The van der Waals surface area contributed by atoms with Crippen LogP contribution in [0.5, 0.6) is 5.75 Å². The monoisotopic (exact) mass is 272 g/mol. The lowest BCUT2D eigenvalue weighted by Gasteiger charge is -2.37. The van der Waals surface area contributed by atoms with E-state index in [4.69, 9.17) is 4.74 Å². The minimum Gasteiger partial charge on any atom is -0.487 e. The maximum atomic E-state index is 12.1. The summed E-state index contributed by atoms with van der Waals surface area (Å²) in [6.45, 7) is 4.02. The number of fused-ring (bicyclic) bond motifs is 1. The van der Waals surface area contributed by atoms with Crippen LogP contribution in [-0.4, -0.2) is 26.9 Å². The first-order chi connectivity index (χ1) is 9.55. The number of benzene rings is 1. The number of hydrogen-bond donors (Lipinski definition) is 2. The van der Waals surface area contributed by atoms with E-state index in [1.165, 1.54) is 6.20 Å². The Kier molecular flexibility index (Phi) is 2.93. The second kappa shape index (κ2) is 4.63. The van der Waals surface area contributed by atoms with Crippen LogP contribution in [0.4, 0.5) is 0 Å². The molecule has 0 saturated carbocycles. The van der Waals surface area contributed by atoms with Crippen molar-refractivity contribution >= 4 is 5.91 Å². The predicted octanol–water partition coefficient (Wildman–Crippen LogP) is 1.84. The van der Waals surface area contributed by atoms with Gasteiger partial charge >= 0.3 is 0 Å². The van der Waals surface area contributed by atoms with Crippen molar-refractivity contribution in [3.05, 3.63) is 41.7 Å². The zero-order valence-electron chi connectivity index (χ0n) is 11.4. The maximum absolute atomic E-state index is 12.1. The van der Waals surface area contributed by atoms with Crippen molar-refractivity contribution in [2.24, 2.45) is 0 Å². The Balaban J connectivity index is 1.87. The van der Waals surface area contributed by atoms with Gasteiger partial charge < -0.3 is 10.1 Å². The van der Waals surface area contributed by atoms with Crippen LogP contribution in [0.25, 0.3) is 0 Å². The molecule has 2 heterocycles. The standard InChI is InChI=1S/C14H16N4O2/c1-14(2)7-10(9-5-3-4-6-12(9)20-14)16-13(19)11-8-15-18-17-11/h3-6,8,10H,7H2,1-2H3,(H,16,19)(H,15,17,18). The van der Waals surface area contributed by atoms with Gasteiger partial charge in [0.05, 0.1) is 12.2 Å². The third-order valence-electron chi connectivity index (χ3n) is 3.33. The van der Waals surface area contributed by atoms with Gasteiger partial charge in [0.25, 0.3) is 5.91 Å². The van der Waals surface area contributed by atoms with E-state index in [2.05, 4.69) is 20.7 Å². The minimum absolute atomic E-state index is 0.0980. The van der Waals surface area contributed by atoms with Gasteiger partial charge in [-0.2, -0.15) is 15.4 Å².